The van der Waals surface area contributed by atoms with Crippen LogP contribution in [0.2, 0.25) is 5.02 Å². The number of ether oxygens (including phenoxy) is 2. The van der Waals surface area contributed by atoms with Crippen molar-refractivity contribution in [2.45, 2.75) is 34.2 Å². The average molecular weight is 398 g/mol. The highest BCUT2D eigenvalue weighted by Crippen LogP contribution is 2.38. The molecule has 1 N–H and O–H groups in total. The molecule has 2 amide bonds. The van der Waals surface area contributed by atoms with Gasteiger partial charge in [-0.25, -0.2) is 4.79 Å². The fourth-order valence-electron chi connectivity index (χ4n) is 3.07. The number of urea groups is 1. The van der Waals surface area contributed by atoms with Crippen molar-refractivity contribution in [3.63, 3.8) is 0 Å². The van der Waals surface area contributed by atoms with Gasteiger partial charge in [0.05, 0.1) is 5.02 Å². The third-order valence-electron chi connectivity index (χ3n) is 4.55. The van der Waals surface area contributed by atoms with Gasteiger partial charge in [-0.3, -0.25) is 0 Å². The normalized spacial score (nSPS) is 13.1. The van der Waals surface area contributed by atoms with Crippen molar-refractivity contribution in [2.24, 2.45) is 5.92 Å². The van der Waals surface area contributed by atoms with Crippen LogP contribution >= 0.6 is 11.6 Å². The standard InChI is InChI=1S/C20H32ClN3O3/c1-5-23(6-2)7-8-24(14-15(3)4)20(25)22-13-16-11-17(21)19-18(12-16)26-9-10-27-19/h11-12,15H,5-10,13-14H2,1-4H3,(H,22,25). The largest absolute Gasteiger partial charge is 0.486 e. The molecule has 1 aromatic carbocycles. The maximum Gasteiger partial charge on any atom is 0.317 e. The van der Waals surface area contributed by atoms with Gasteiger partial charge in [-0.15, -0.1) is 0 Å². The number of hydrogen-bond donors (Lipinski definition) is 1. The number of nitrogens with one attached hydrogen (secondary N) is 1. The molecule has 0 saturated heterocycles. The molecule has 0 radical (unpaired) electrons. The molecule has 0 saturated carbocycles. The first-order valence-corrected chi connectivity index (χ1v) is 10.2. The Balaban J connectivity index is 1.97. The maximum atomic E-state index is 12.7. The minimum Gasteiger partial charge on any atom is -0.486 e. The zero-order chi connectivity index (χ0) is 19.8. The first-order chi connectivity index (χ1) is 12.9. The summed E-state index contributed by atoms with van der Waals surface area (Å²) in [5.74, 6) is 1.63. The number of likely N-dealkylation sites (N-methyl/N-ethyl adjacent to an activating group) is 1. The van der Waals surface area contributed by atoms with Crippen molar-refractivity contribution < 1.29 is 14.3 Å². The van der Waals surface area contributed by atoms with E-state index in [1.54, 1.807) is 0 Å². The summed E-state index contributed by atoms with van der Waals surface area (Å²) in [5.41, 5.74) is 0.894. The minimum absolute atomic E-state index is 0.0538. The number of fused-ring (bicyclic) bond motifs is 1. The Morgan fingerprint density at radius 3 is 2.56 bits per heavy atom. The lowest BCUT2D eigenvalue weighted by atomic mass is 10.2. The summed E-state index contributed by atoms with van der Waals surface area (Å²) < 4.78 is 11.1. The van der Waals surface area contributed by atoms with E-state index >= 15 is 0 Å². The second-order valence-corrected chi connectivity index (χ2v) is 7.53. The van der Waals surface area contributed by atoms with Gasteiger partial charge in [0.1, 0.15) is 13.2 Å². The molecule has 27 heavy (non-hydrogen) atoms. The number of nitrogens with zero attached hydrogens (tertiary/aromatic N) is 2. The fraction of sp³-hybridized carbons (Fsp3) is 0.650. The molecule has 0 bridgehead atoms. The van der Waals surface area contributed by atoms with Crippen LogP contribution in [0.15, 0.2) is 12.1 Å². The molecule has 0 atom stereocenters. The van der Waals surface area contributed by atoms with Gasteiger partial charge in [-0.05, 0) is 36.7 Å². The van der Waals surface area contributed by atoms with Crippen LogP contribution in [0.3, 0.4) is 0 Å². The molecule has 6 nitrogen and oxygen atoms in total. The van der Waals surface area contributed by atoms with E-state index in [9.17, 15) is 4.79 Å². The molecule has 1 aliphatic heterocycles. The van der Waals surface area contributed by atoms with Crippen molar-refractivity contribution >= 4 is 17.6 Å². The van der Waals surface area contributed by atoms with Crippen LogP contribution in [-0.2, 0) is 6.54 Å². The summed E-state index contributed by atoms with van der Waals surface area (Å²) >= 11 is 6.28. The predicted molar refractivity (Wildman–Crippen MR) is 109 cm³/mol. The molecule has 0 spiro atoms. The quantitative estimate of drug-likeness (QED) is 0.691. The van der Waals surface area contributed by atoms with Crippen molar-refractivity contribution in [1.29, 1.82) is 0 Å². The zero-order valence-electron chi connectivity index (χ0n) is 16.9. The summed E-state index contributed by atoms with van der Waals surface area (Å²) in [7, 11) is 0. The van der Waals surface area contributed by atoms with Crippen LogP contribution < -0.4 is 14.8 Å². The van der Waals surface area contributed by atoms with Crippen LogP contribution in [-0.4, -0.2) is 61.8 Å². The van der Waals surface area contributed by atoms with Gasteiger partial charge in [-0.1, -0.05) is 39.3 Å². The fourth-order valence-corrected chi connectivity index (χ4v) is 3.36. The Bertz CT molecular complexity index is 621. The third kappa shape index (κ3) is 6.47. The Labute approximate surface area is 167 Å². The van der Waals surface area contributed by atoms with Gasteiger partial charge < -0.3 is 24.6 Å². The average Bonchev–Trinajstić information content (AvgIpc) is 2.65. The number of hydrogen-bond acceptors (Lipinski definition) is 4. The highest BCUT2D eigenvalue weighted by Gasteiger charge is 2.19. The van der Waals surface area contributed by atoms with Gasteiger partial charge in [-0.2, -0.15) is 0 Å². The molecule has 1 heterocycles. The van der Waals surface area contributed by atoms with Crippen molar-refractivity contribution in [2.75, 3.05) is 45.9 Å². The van der Waals surface area contributed by atoms with Crippen LogP contribution in [0.1, 0.15) is 33.3 Å². The smallest absolute Gasteiger partial charge is 0.317 e. The molecule has 152 valence electrons. The first-order valence-electron chi connectivity index (χ1n) is 9.77. The number of benzene rings is 1. The van der Waals surface area contributed by atoms with Crippen molar-refractivity contribution in [3.8, 4) is 11.5 Å². The summed E-state index contributed by atoms with van der Waals surface area (Å²) in [5, 5.41) is 3.52. The maximum absolute atomic E-state index is 12.7. The monoisotopic (exact) mass is 397 g/mol. The van der Waals surface area contributed by atoms with Crippen LogP contribution in [0.25, 0.3) is 0 Å². The van der Waals surface area contributed by atoms with Gasteiger partial charge in [0.25, 0.3) is 0 Å². The molecule has 0 aliphatic carbocycles. The van der Waals surface area contributed by atoms with Crippen molar-refractivity contribution in [1.82, 2.24) is 15.1 Å². The van der Waals surface area contributed by atoms with E-state index in [0.717, 1.165) is 31.7 Å². The van der Waals surface area contributed by atoms with E-state index in [1.165, 1.54) is 0 Å². The van der Waals surface area contributed by atoms with E-state index in [2.05, 4.69) is 37.9 Å². The van der Waals surface area contributed by atoms with E-state index in [-0.39, 0.29) is 6.03 Å². The molecule has 0 fully saturated rings. The van der Waals surface area contributed by atoms with E-state index < -0.39 is 0 Å². The second-order valence-electron chi connectivity index (χ2n) is 7.13. The van der Waals surface area contributed by atoms with Crippen LogP contribution in [0.4, 0.5) is 4.79 Å². The lowest BCUT2D eigenvalue weighted by Gasteiger charge is -2.28. The van der Waals surface area contributed by atoms with Crippen LogP contribution in [0.5, 0.6) is 11.5 Å². The molecule has 1 aliphatic rings. The van der Waals surface area contributed by atoms with E-state index in [0.29, 0.717) is 48.7 Å². The molecular formula is C20H32ClN3O3. The Morgan fingerprint density at radius 1 is 1.19 bits per heavy atom. The number of carbonyl (C=O) groups is 1. The van der Waals surface area contributed by atoms with E-state index in [4.69, 9.17) is 21.1 Å². The Morgan fingerprint density at radius 2 is 1.89 bits per heavy atom. The molecule has 2 rings (SSSR count). The lowest BCUT2D eigenvalue weighted by molar-refractivity contribution is 0.171. The highest BCUT2D eigenvalue weighted by molar-refractivity contribution is 6.32. The Hall–Kier alpha value is -1.66. The third-order valence-corrected chi connectivity index (χ3v) is 4.83. The summed E-state index contributed by atoms with van der Waals surface area (Å²) in [4.78, 5) is 16.9. The number of carbonyl (C=O) groups excluding carboxylic acids is 1. The van der Waals surface area contributed by atoms with Crippen LogP contribution in [0, 0.1) is 5.92 Å². The number of amides is 2. The van der Waals surface area contributed by atoms with Gasteiger partial charge >= 0.3 is 6.03 Å². The van der Waals surface area contributed by atoms with Gasteiger partial charge in [0, 0.05) is 26.2 Å². The van der Waals surface area contributed by atoms with Gasteiger partial charge in [0.2, 0.25) is 0 Å². The van der Waals surface area contributed by atoms with Crippen molar-refractivity contribution in [3.05, 3.63) is 22.7 Å². The topological polar surface area (TPSA) is 54.0 Å². The highest BCUT2D eigenvalue weighted by atomic mass is 35.5. The molecule has 7 heteroatoms. The SMILES string of the molecule is CCN(CC)CCN(CC(C)C)C(=O)NCc1cc(Cl)c2c(c1)OCCO2. The minimum atomic E-state index is -0.0538. The molecular weight excluding hydrogens is 366 g/mol. The second kappa shape index (κ2) is 10.6. The van der Waals surface area contributed by atoms with Gasteiger partial charge in [0.15, 0.2) is 11.5 Å². The molecule has 0 unspecified atom stereocenters. The lowest BCUT2D eigenvalue weighted by Crippen LogP contribution is -2.45. The summed E-state index contributed by atoms with van der Waals surface area (Å²) in [6.45, 7) is 14.2. The summed E-state index contributed by atoms with van der Waals surface area (Å²) in [6, 6.07) is 3.64. The predicted octanol–water partition coefficient (Wildman–Crippen LogP) is 3.62. The Kier molecular flexibility index (Phi) is 8.51. The molecule has 0 aromatic heterocycles. The summed E-state index contributed by atoms with van der Waals surface area (Å²) in [6.07, 6.45) is 0. The molecule has 1 aromatic rings. The zero-order valence-corrected chi connectivity index (χ0v) is 17.6. The van der Waals surface area contributed by atoms with E-state index in [1.807, 2.05) is 17.0 Å². The first kappa shape index (κ1) is 21.6. The number of halogens is 1. The number of rotatable bonds is 9.